The van der Waals surface area contributed by atoms with Crippen molar-refractivity contribution in [2.45, 2.75) is 20.3 Å². The second-order valence-electron chi connectivity index (χ2n) is 1.83. The standard InChI is InChI=1S/C7H12O/c1-3-4-5-7(2)6-8/h4-7H,3H2,1-2H3/b5-4-. The maximum atomic E-state index is 9.96. The molecule has 0 saturated carbocycles. The highest BCUT2D eigenvalue weighted by Crippen LogP contribution is 1.91. The van der Waals surface area contributed by atoms with Gasteiger partial charge in [-0.1, -0.05) is 26.0 Å². The number of hydrogen-bond donors (Lipinski definition) is 0. The van der Waals surface area contributed by atoms with Gasteiger partial charge in [0.1, 0.15) is 6.29 Å². The first kappa shape index (κ1) is 7.41. The second-order valence-corrected chi connectivity index (χ2v) is 1.83. The number of carbonyl (C=O) groups excluding carboxylic acids is 1. The summed E-state index contributed by atoms with van der Waals surface area (Å²) in [5.74, 6) is 0.0925. The number of aldehydes is 1. The van der Waals surface area contributed by atoms with Crippen molar-refractivity contribution < 1.29 is 4.79 Å². The lowest BCUT2D eigenvalue weighted by Gasteiger charge is -1.88. The lowest BCUT2D eigenvalue weighted by Crippen LogP contribution is -1.87. The summed E-state index contributed by atoms with van der Waals surface area (Å²) in [6.45, 7) is 3.92. The van der Waals surface area contributed by atoms with Gasteiger partial charge in [-0.2, -0.15) is 0 Å². The van der Waals surface area contributed by atoms with Crippen LogP contribution in [0.25, 0.3) is 0 Å². The Bertz CT molecular complexity index is 84.4. The summed E-state index contributed by atoms with van der Waals surface area (Å²) in [4.78, 5) is 9.96. The van der Waals surface area contributed by atoms with Gasteiger partial charge in [-0.05, 0) is 6.42 Å². The highest BCUT2D eigenvalue weighted by atomic mass is 16.1. The van der Waals surface area contributed by atoms with Crippen LogP contribution in [-0.4, -0.2) is 6.29 Å². The fraction of sp³-hybridized carbons (Fsp3) is 0.571. The van der Waals surface area contributed by atoms with Gasteiger partial charge in [-0.3, -0.25) is 0 Å². The summed E-state index contributed by atoms with van der Waals surface area (Å²) in [5.41, 5.74) is 0. The van der Waals surface area contributed by atoms with Gasteiger partial charge >= 0.3 is 0 Å². The van der Waals surface area contributed by atoms with Gasteiger partial charge in [-0.25, -0.2) is 0 Å². The predicted octanol–water partition coefficient (Wildman–Crippen LogP) is 1.79. The third kappa shape index (κ3) is 3.59. The molecule has 0 aromatic rings. The van der Waals surface area contributed by atoms with Crippen LogP contribution in [-0.2, 0) is 4.79 Å². The fourth-order valence-electron chi connectivity index (χ4n) is 0.396. The van der Waals surface area contributed by atoms with Crippen LogP contribution >= 0.6 is 0 Å². The molecular formula is C7H12O. The Labute approximate surface area is 50.4 Å². The molecule has 0 aliphatic heterocycles. The zero-order valence-electron chi connectivity index (χ0n) is 5.42. The average Bonchev–Trinajstić information content (AvgIpc) is 1.83. The molecule has 0 N–H and O–H groups in total. The second kappa shape index (κ2) is 4.57. The zero-order chi connectivity index (χ0) is 6.41. The van der Waals surface area contributed by atoms with Gasteiger partial charge in [-0.15, -0.1) is 0 Å². The first-order chi connectivity index (χ1) is 3.81. The topological polar surface area (TPSA) is 17.1 Å². The molecule has 1 atom stereocenters. The quantitative estimate of drug-likeness (QED) is 0.402. The van der Waals surface area contributed by atoms with Crippen molar-refractivity contribution in [2.24, 2.45) is 5.92 Å². The van der Waals surface area contributed by atoms with Crippen LogP contribution < -0.4 is 0 Å². The van der Waals surface area contributed by atoms with Gasteiger partial charge in [0.05, 0.1) is 0 Å². The molecule has 0 heterocycles. The molecule has 0 saturated heterocycles. The summed E-state index contributed by atoms with van der Waals surface area (Å²) in [6, 6.07) is 0. The molecule has 0 bridgehead atoms. The van der Waals surface area contributed by atoms with Crippen LogP contribution in [0, 0.1) is 5.92 Å². The van der Waals surface area contributed by atoms with Crippen LogP contribution in [0.2, 0.25) is 0 Å². The highest BCUT2D eigenvalue weighted by Gasteiger charge is 1.87. The molecule has 8 heavy (non-hydrogen) atoms. The predicted molar refractivity (Wildman–Crippen MR) is 34.7 cm³/mol. The molecule has 0 rings (SSSR count). The number of carbonyl (C=O) groups is 1. The smallest absolute Gasteiger partial charge is 0.126 e. The lowest BCUT2D eigenvalue weighted by atomic mass is 10.2. The molecule has 0 aliphatic carbocycles. The van der Waals surface area contributed by atoms with E-state index in [2.05, 4.69) is 0 Å². The first-order valence-corrected chi connectivity index (χ1v) is 2.93. The first-order valence-electron chi connectivity index (χ1n) is 2.93. The van der Waals surface area contributed by atoms with Crippen molar-refractivity contribution in [3.05, 3.63) is 12.2 Å². The van der Waals surface area contributed by atoms with Crippen molar-refractivity contribution in [2.75, 3.05) is 0 Å². The Morgan fingerprint density at radius 1 is 1.62 bits per heavy atom. The molecule has 0 aliphatic rings. The normalized spacial score (nSPS) is 14.2. The van der Waals surface area contributed by atoms with Gasteiger partial charge in [0.15, 0.2) is 0 Å². The average molecular weight is 112 g/mol. The Balaban J connectivity index is 3.35. The van der Waals surface area contributed by atoms with Crippen LogP contribution in [0.5, 0.6) is 0 Å². The van der Waals surface area contributed by atoms with Crippen molar-refractivity contribution in [3.63, 3.8) is 0 Å². The van der Waals surface area contributed by atoms with E-state index in [4.69, 9.17) is 0 Å². The fourth-order valence-corrected chi connectivity index (χ4v) is 0.396. The zero-order valence-corrected chi connectivity index (χ0v) is 5.42. The van der Waals surface area contributed by atoms with E-state index < -0.39 is 0 Å². The third-order valence-corrected chi connectivity index (χ3v) is 0.890. The molecule has 1 unspecified atom stereocenters. The van der Waals surface area contributed by atoms with E-state index in [1.807, 2.05) is 26.0 Å². The Morgan fingerprint density at radius 3 is 2.62 bits per heavy atom. The maximum Gasteiger partial charge on any atom is 0.126 e. The van der Waals surface area contributed by atoms with E-state index in [0.717, 1.165) is 12.7 Å². The van der Waals surface area contributed by atoms with Crippen LogP contribution in [0.1, 0.15) is 20.3 Å². The summed E-state index contributed by atoms with van der Waals surface area (Å²) in [6.07, 6.45) is 5.86. The summed E-state index contributed by atoms with van der Waals surface area (Å²) >= 11 is 0. The Hall–Kier alpha value is -0.590. The molecule has 0 spiro atoms. The van der Waals surface area contributed by atoms with Gasteiger partial charge in [0, 0.05) is 5.92 Å². The molecule has 1 nitrogen and oxygen atoms in total. The van der Waals surface area contributed by atoms with Crippen molar-refractivity contribution in [3.8, 4) is 0 Å². The highest BCUT2D eigenvalue weighted by molar-refractivity contribution is 5.55. The molecular weight excluding hydrogens is 100 g/mol. The summed E-state index contributed by atoms with van der Waals surface area (Å²) < 4.78 is 0. The minimum atomic E-state index is 0.0925. The third-order valence-electron chi connectivity index (χ3n) is 0.890. The SMILES string of the molecule is CC/C=C\C(C)C=O. The summed E-state index contributed by atoms with van der Waals surface area (Å²) in [7, 11) is 0. The number of rotatable bonds is 3. The lowest BCUT2D eigenvalue weighted by molar-refractivity contribution is -0.109. The van der Waals surface area contributed by atoms with E-state index in [9.17, 15) is 4.79 Å². The molecule has 0 radical (unpaired) electrons. The molecule has 46 valence electrons. The maximum absolute atomic E-state index is 9.96. The largest absolute Gasteiger partial charge is 0.303 e. The monoisotopic (exact) mass is 112 g/mol. The molecule has 0 fully saturated rings. The molecule has 0 amide bonds. The van der Waals surface area contributed by atoms with Crippen molar-refractivity contribution >= 4 is 6.29 Å². The van der Waals surface area contributed by atoms with Gasteiger partial charge in [0.2, 0.25) is 0 Å². The number of hydrogen-bond acceptors (Lipinski definition) is 1. The molecule has 0 aromatic carbocycles. The van der Waals surface area contributed by atoms with Gasteiger partial charge < -0.3 is 4.79 Å². The summed E-state index contributed by atoms with van der Waals surface area (Å²) in [5, 5.41) is 0. The molecule has 1 heteroatoms. The van der Waals surface area contributed by atoms with E-state index in [1.165, 1.54) is 0 Å². The van der Waals surface area contributed by atoms with Crippen molar-refractivity contribution in [1.29, 1.82) is 0 Å². The van der Waals surface area contributed by atoms with E-state index in [-0.39, 0.29) is 5.92 Å². The minimum absolute atomic E-state index is 0.0925. The van der Waals surface area contributed by atoms with E-state index in [1.54, 1.807) is 0 Å². The molecule has 0 aromatic heterocycles. The number of allylic oxidation sites excluding steroid dienone is 2. The van der Waals surface area contributed by atoms with E-state index in [0.29, 0.717) is 0 Å². The van der Waals surface area contributed by atoms with Crippen LogP contribution in [0.3, 0.4) is 0 Å². The minimum Gasteiger partial charge on any atom is -0.303 e. The Kier molecular flexibility index (Phi) is 4.23. The Morgan fingerprint density at radius 2 is 2.25 bits per heavy atom. The van der Waals surface area contributed by atoms with Crippen molar-refractivity contribution in [1.82, 2.24) is 0 Å². The van der Waals surface area contributed by atoms with E-state index >= 15 is 0 Å². The van der Waals surface area contributed by atoms with Crippen LogP contribution in [0.15, 0.2) is 12.2 Å². The van der Waals surface area contributed by atoms with Crippen LogP contribution in [0.4, 0.5) is 0 Å². The van der Waals surface area contributed by atoms with Gasteiger partial charge in [0.25, 0.3) is 0 Å².